The van der Waals surface area contributed by atoms with Gasteiger partial charge < -0.3 is 9.63 Å². The summed E-state index contributed by atoms with van der Waals surface area (Å²) in [6, 6.07) is 15.4. The van der Waals surface area contributed by atoms with Crippen molar-refractivity contribution < 1.29 is 27.6 Å². The zero-order valence-corrected chi connectivity index (χ0v) is 20.7. The third-order valence-electron chi connectivity index (χ3n) is 7.14. The van der Waals surface area contributed by atoms with Crippen molar-refractivity contribution in [2.75, 3.05) is 0 Å². The molecule has 0 aliphatic heterocycles. The van der Waals surface area contributed by atoms with Crippen LogP contribution in [0.25, 0.3) is 32.5 Å². The Balaban J connectivity index is 1.34. The SMILES string of the molecule is N#CC1(CC(=O)[C@H](O)c2ccc3c(c2)CCc2nc(-c4onc(-c5ccccc5)c4C(F)(F)F)sc2-3)CC1. The Bertz CT molecular complexity index is 1600. The Morgan fingerprint density at radius 3 is 2.63 bits per heavy atom. The molecule has 6 rings (SSSR count). The molecule has 0 bridgehead atoms. The van der Waals surface area contributed by atoms with Crippen molar-refractivity contribution in [1.82, 2.24) is 10.1 Å². The van der Waals surface area contributed by atoms with E-state index in [0.717, 1.165) is 27.3 Å². The fourth-order valence-electron chi connectivity index (χ4n) is 4.88. The number of rotatable bonds is 6. The van der Waals surface area contributed by atoms with Crippen LogP contribution in [-0.2, 0) is 23.8 Å². The summed E-state index contributed by atoms with van der Waals surface area (Å²) < 4.78 is 47.7. The predicted molar refractivity (Wildman–Crippen MR) is 133 cm³/mol. The van der Waals surface area contributed by atoms with Gasteiger partial charge in [0.2, 0.25) is 5.76 Å². The second kappa shape index (κ2) is 8.89. The van der Waals surface area contributed by atoms with E-state index in [2.05, 4.69) is 16.2 Å². The second-order valence-electron chi connectivity index (χ2n) is 9.75. The lowest BCUT2D eigenvalue weighted by Gasteiger charge is -2.18. The van der Waals surface area contributed by atoms with E-state index in [1.807, 2.05) is 0 Å². The number of carbonyl (C=O) groups excluding carboxylic acids is 1. The molecule has 192 valence electrons. The van der Waals surface area contributed by atoms with Gasteiger partial charge in [0.05, 0.1) is 22.1 Å². The van der Waals surface area contributed by atoms with Gasteiger partial charge in [0, 0.05) is 12.0 Å². The predicted octanol–water partition coefficient (Wildman–Crippen LogP) is 6.55. The average Bonchev–Trinajstić information content (AvgIpc) is 3.33. The van der Waals surface area contributed by atoms with Crippen LogP contribution in [0.3, 0.4) is 0 Å². The number of halogens is 3. The summed E-state index contributed by atoms with van der Waals surface area (Å²) in [5.41, 5.74) is 1.19. The Morgan fingerprint density at radius 2 is 1.95 bits per heavy atom. The minimum Gasteiger partial charge on any atom is -0.381 e. The minimum absolute atomic E-state index is 0.0216. The number of benzene rings is 2. The Labute approximate surface area is 219 Å². The van der Waals surface area contributed by atoms with Crippen molar-refractivity contribution in [3.8, 4) is 38.5 Å². The number of ketones is 1. The number of thiazole rings is 1. The first-order valence-electron chi connectivity index (χ1n) is 12.1. The highest BCUT2D eigenvalue weighted by molar-refractivity contribution is 7.18. The van der Waals surface area contributed by atoms with Crippen molar-refractivity contribution >= 4 is 17.1 Å². The van der Waals surface area contributed by atoms with E-state index in [4.69, 9.17) is 4.52 Å². The van der Waals surface area contributed by atoms with E-state index in [0.29, 0.717) is 42.5 Å². The number of hydrogen-bond donors (Lipinski definition) is 1. The number of hydrogen-bond acceptors (Lipinski definition) is 7. The first-order chi connectivity index (χ1) is 18.2. The largest absolute Gasteiger partial charge is 0.422 e. The smallest absolute Gasteiger partial charge is 0.381 e. The number of Topliss-reactive ketones (excluding diaryl/α,β-unsaturated/α-hetero) is 1. The molecule has 6 nitrogen and oxygen atoms in total. The zero-order valence-electron chi connectivity index (χ0n) is 19.9. The maximum atomic E-state index is 14.2. The van der Waals surface area contributed by atoms with Crippen LogP contribution in [0, 0.1) is 16.7 Å². The zero-order chi connectivity index (χ0) is 26.7. The molecule has 0 unspecified atom stereocenters. The van der Waals surface area contributed by atoms with Gasteiger partial charge in [-0.3, -0.25) is 4.79 Å². The fraction of sp³-hybridized carbons (Fsp3) is 0.286. The van der Waals surface area contributed by atoms with Crippen molar-refractivity contribution in [3.63, 3.8) is 0 Å². The topological polar surface area (TPSA) is 100 Å². The molecule has 38 heavy (non-hydrogen) atoms. The van der Waals surface area contributed by atoms with Gasteiger partial charge in [-0.25, -0.2) is 4.98 Å². The third kappa shape index (κ3) is 4.22. The van der Waals surface area contributed by atoms with E-state index in [1.54, 1.807) is 48.5 Å². The number of aromatic nitrogens is 2. The number of aryl methyl sites for hydroxylation is 2. The number of nitriles is 1. The fourth-order valence-corrected chi connectivity index (χ4v) is 6.04. The maximum absolute atomic E-state index is 14.2. The number of aliphatic hydroxyl groups is 1. The molecule has 0 amide bonds. The number of alkyl halides is 3. The summed E-state index contributed by atoms with van der Waals surface area (Å²) in [4.78, 5) is 17.8. The molecule has 0 saturated heterocycles. The summed E-state index contributed by atoms with van der Waals surface area (Å²) in [6.07, 6.45) is -3.64. The van der Waals surface area contributed by atoms with E-state index >= 15 is 0 Å². The van der Waals surface area contributed by atoms with Crippen molar-refractivity contribution in [2.45, 2.75) is 44.4 Å². The monoisotopic (exact) mass is 535 g/mol. The first-order valence-corrected chi connectivity index (χ1v) is 12.9. The van der Waals surface area contributed by atoms with Crippen LogP contribution in [0.1, 0.15) is 47.8 Å². The van der Waals surface area contributed by atoms with Gasteiger partial charge in [-0.1, -0.05) is 53.7 Å². The lowest BCUT2D eigenvalue weighted by Crippen LogP contribution is -2.17. The molecule has 2 aromatic heterocycles. The Hall–Kier alpha value is -3.81. The second-order valence-corrected chi connectivity index (χ2v) is 10.7. The normalized spacial score (nSPS) is 16.3. The highest BCUT2D eigenvalue weighted by Crippen LogP contribution is 2.50. The van der Waals surface area contributed by atoms with Crippen molar-refractivity contribution in [2.24, 2.45) is 5.41 Å². The summed E-state index contributed by atoms with van der Waals surface area (Å²) in [6.45, 7) is 0. The van der Waals surface area contributed by atoms with Crippen LogP contribution in [-0.4, -0.2) is 21.0 Å². The summed E-state index contributed by atoms with van der Waals surface area (Å²) in [7, 11) is 0. The molecule has 1 fully saturated rings. The third-order valence-corrected chi connectivity index (χ3v) is 8.27. The summed E-state index contributed by atoms with van der Waals surface area (Å²) in [5.74, 6) is -0.804. The molecule has 0 radical (unpaired) electrons. The lowest BCUT2D eigenvalue weighted by atomic mass is 9.89. The maximum Gasteiger partial charge on any atom is 0.422 e. The number of aliphatic hydroxyl groups excluding tert-OH is 1. The quantitative estimate of drug-likeness (QED) is 0.301. The van der Waals surface area contributed by atoms with E-state index in [-0.39, 0.29) is 22.9 Å². The molecule has 2 aliphatic carbocycles. The van der Waals surface area contributed by atoms with E-state index in [1.165, 1.54) is 0 Å². The molecule has 2 aromatic carbocycles. The Kier molecular flexibility index (Phi) is 5.74. The van der Waals surface area contributed by atoms with Crippen LogP contribution in [0.5, 0.6) is 0 Å². The molecule has 4 aromatic rings. The molecular formula is C28H20F3N3O3S. The minimum atomic E-state index is -4.70. The molecular weight excluding hydrogens is 515 g/mol. The van der Waals surface area contributed by atoms with Crippen molar-refractivity contribution in [3.05, 3.63) is 70.9 Å². The van der Waals surface area contributed by atoms with Gasteiger partial charge >= 0.3 is 6.18 Å². The van der Waals surface area contributed by atoms with Gasteiger partial charge in [-0.05, 0) is 42.4 Å². The van der Waals surface area contributed by atoms with Crippen LogP contribution in [0.2, 0.25) is 0 Å². The van der Waals surface area contributed by atoms with Crippen LogP contribution >= 0.6 is 11.3 Å². The van der Waals surface area contributed by atoms with E-state index < -0.39 is 29.0 Å². The highest BCUT2D eigenvalue weighted by Gasteiger charge is 2.46. The summed E-state index contributed by atoms with van der Waals surface area (Å²) >= 11 is 1.10. The molecule has 10 heteroatoms. The van der Waals surface area contributed by atoms with Crippen LogP contribution < -0.4 is 0 Å². The van der Waals surface area contributed by atoms with Crippen LogP contribution in [0.15, 0.2) is 53.1 Å². The first kappa shape index (κ1) is 24.5. The van der Waals surface area contributed by atoms with Gasteiger partial charge in [-0.15, -0.1) is 11.3 Å². The molecule has 1 saturated carbocycles. The lowest BCUT2D eigenvalue weighted by molar-refractivity contribution is -0.136. The molecule has 2 aliphatic rings. The van der Waals surface area contributed by atoms with Gasteiger partial charge in [-0.2, -0.15) is 18.4 Å². The molecule has 2 heterocycles. The van der Waals surface area contributed by atoms with Gasteiger partial charge in [0.15, 0.2) is 10.8 Å². The standard InChI is InChI=1S/C28H20F3N3O3S/c29-28(30,31)21-22(15-4-2-1-3-5-15)34-37-24(21)26-33-19-9-7-16-12-17(6-8-18(16)25(19)38-26)23(36)20(35)13-27(14-32)10-11-27/h1-6,8,12,23,36H,7,9-11,13H2/t23-/m1/s1. The van der Waals surface area contributed by atoms with Gasteiger partial charge in [0.25, 0.3) is 0 Å². The summed E-state index contributed by atoms with van der Waals surface area (Å²) in [5, 5.41) is 23.7. The van der Waals surface area contributed by atoms with Gasteiger partial charge in [0.1, 0.15) is 17.4 Å². The number of nitrogens with zero attached hydrogens (tertiary/aromatic N) is 3. The average molecular weight is 536 g/mol. The highest BCUT2D eigenvalue weighted by atomic mass is 32.1. The van der Waals surface area contributed by atoms with E-state index in [9.17, 15) is 28.3 Å². The van der Waals surface area contributed by atoms with Crippen molar-refractivity contribution in [1.29, 1.82) is 5.26 Å². The molecule has 0 spiro atoms. The number of carbonyl (C=O) groups is 1. The molecule has 1 N–H and O–H groups in total. The Morgan fingerprint density at radius 1 is 1.18 bits per heavy atom. The van der Waals surface area contributed by atoms with Crippen LogP contribution in [0.4, 0.5) is 13.2 Å². The molecule has 1 atom stereocenters. The number of fused-ring (bicyclic) bond motifs is 3.